The van der Waals surface area contributed by atoms with E-state index in [4.69, 9.17) is 0 Å². The van der Waals surface area contributed by atoms with E-state index in [2.05, 4.69) is 52.7 Å². The highest BCUT2D eigenvalue weighted by molar-refractivity contribution is 9.10. The van der Waals surface area contributed by atoms with E-state index in [9.17, 15) is 14.4 Å². The number of nitrogens with one attached hydrogen (secondary N) is 3. The molecule has 0 spiro atoms. The maximum Gasteiger partial charge on any atom is 0.251 e. The molecular formula is C23H28BrN3O3. The summed E-state index contributed by atoms with van der Waals surface area (Å²) in [5.74, 6) is -1.12. The van der Waals surface area contributed by atoms with Crippen molar-refractivity contribution in [3.05, 3.63) is 63.6 Å². The van der Waals surface area contributed by atoms with Crippen molar-refractivity contribution in [3.8, 4) is 0 Å². The minimum atomic E-state index is -0.776. The predicted octanol–water partition coefficient (Wildman–Crippen LogP) is 3.93. The molecule has 0 radical (unpaired) electrons. The van der Waals surface area contributed by atoms with Crippen LogP contribution in [-0.2, 0) is 15.0 Å². The Hall–Kier alpha value is -2.67. The number of aryl methyl sites for hydroxylation is 1. The maximum atomic E-state index is 12.4. The number of amides is 3. The van der Waals surface area contributed by atoms with Gasteiger partial charge in [-0.2, -0.15) is 0 Å². The summed E-state index contributed by atoms with van der Waals surface area (Å²) in [5.41, 5.74) is 3.18. The molecule has 0 fully saturated rings. The molecule has 2 rings (SSSR count). The molecule has 7 heteroatoms. The Bertz CT molecular complexity index is 934. The largest absolute Gasteiger partial charge is 0.345 e. The number of hydrogen-bond donors (Lipinski definition) is 3. The van der Waals surface area contributed by atoms with Gasteiger partial charge >= 0.3 is 0 Å². The highest BCUT2D eigenvalue weighted by Crippen LogP contribution is 2.22. The summed E-state index contributed by atoms with van der Waals surface area (Å²) in [6.45, 7) is 9.57. The predicted molar refractivity (Wildman–Crippen MR) is 123 cm³/mol. The Balaban J connectivity index is 1.85. The Morgan fingerprint density at radius 2 is 1.67 bits per heavy atom. The van der Waals surface area contributed by atoms with Gasteiger partial charge in [0, 0.05) is 15.7 Å². The summed E-state index contributed by atoms with van der Waals surface area (Å²) in [6, 6.07) is 12.0. The first-order chi connectivity index (χ1) is 14.0. The van der Waals surface area contributed by atoms with Crippen LogP contribution in [0.2, 0.25) is 0 Å². The van der Waals surface area contributed by atoms with Gasteiger partial charge in [0.1, 0.15) is 6.04 Å². The van der Waals surface area contributed by atoms with Crippen LogP contribution in [0.1, 0.15) is 49.2 Å². The molecule has 0 aromatic heterocycles. The SMILES string of the molecule is Cc1cc(Br)ccc1NC(=O)CNC(=O)C(C)NC(=O)c1ccc(C(C)(C)C)cc1. The summed E-state index contributed by atoms with van der Waals surface area (Å²) in [4.78, 5) is 36.8. The van der Waals surface area contributed by atoms with Crippen LogP contribution < -0.4 is 16.0 Å². The average molecular weight is 474 g/mol. The fourth-order valence-electron chi connectivity index (χ4n) is 2.75. The number of carbonyl (C=O) groups excluding carboxylic acids is 3. The second-order valence-corrected chi connectivity index (χ2v) is 9.16. The molecule has 160 valence electrons. The van der Waals surface area contributed by atoms with E-state index in [-0.39, 0.29) is 23.8 Å². The second-order valence-electron chi connectivity index (χ2n) is 8.25. The Morgan fingerprint density at radius 3 is 2.23 bits per heavy atom. The van der Waals surface area contributed by atoms with Crippen LogP contribution in [0, 0.1) is 6.92 Å². The highest BCUT2D eigenvalue weighted by Gasteiger charge is 2.19. The number of halogens is 1. The van der Waals surface area contributed by atoms with Crippen molar-refractivity contribution in [3.63, 3.8) is 0 Å². The number of hydrogen-bond acceptors (Lipinski definition) is 3. The molecule has 0 saturated heterocycles. The van der Waals surface area contributed by atoms with E-state index in [0.29, 0.717) is 11.3 Å². The van der Waals surface area contributed by atoms with Gasteiger partial charge in [-0.25, -0.2) is 0 Å². The number of carbonyl (C=O) groups is 3. The molecule has 0 bridgehead atoms. The van der Waals surface area contributed by atoms with Crippen LogP contribution in [0.15, 0.2) is 46.9 Å². The lowest BCUT2D eigenvalue weighted by Gasteiger charge is -2.19. The van der Waals surface area contributed by atoms with Gasteiger partial charge in [0.15, 0.2) is 0 Å². The van der Waals surface area contributed by atoms with Gasteiger partial charge in [-0.3, -0.25) is 14.4 Å². The standard InChI is InChI=1S/C23H28BrN3O3/c1-14-12-18(24)10-11-19(14)27-20(28)13-25-21(29)15(2)26-22(30)16-6-8-17(9-7-16)23(3,4)5/h6-12,15H,13H2,1-5H3,(H,25,29)(H,26,30)(H,27,28). The molecular weight excluding hydrogens is 446 g/mol. The fraction of sp³-hybridized carbons (Fsp3) is 0.348. The van der Waals surface area contributed by atoms with Crippen molar-refractivity contribution in [2.45, 2.75) is 46.1 Å². The normalized spacial score (nSPS) is 12.1. The molecule has 0 saturated carbocycles. The molecule has 30 heavy (non-hydrogen) atoms. The molecule has 0 aliphatic heterocycles. The quantitative estimate of drug-likeness (QED) is 0.593. The van der Waals surface area contributed by atoms with Crippen molar-refractivity contribution in [2.75, 3.05) is 11.9 Å². The Kier molecular flexibility index (Phi) is 7.78. The first-order valence-electron chi connectivity index (χ1n) is 9.72. The first-order valence-corrected chi connectivity index (χ1v) is 10.5. The number of rotatable bonds is 6. The van der Waals surface area contributed by atoms with Crippen molar-refractivity contribution in [2.24, 2.45) is 0 Å². The third-order valence-electron chi connectivity index (χ3n) is 4.64. The maximum absolute atomic E-state index is 12.4. The van der Waals surface area contributed by atoms with Gasteiger partial charge in [0.2, 0.25) is 11.8 Å². The summed E-state index contributed by atoms with van der Waals surface area (Å²) >= 11 is 3.37. The molecule has 6 nitrogen and oxygen atoms in total. The molecule has 0 aliphatic carbocycles. The lowest BCUT2D eigenvalue weighted by Crippen LogP contribution is -2.46. The molecule has 2 aromatic rings. The van der Waals surface area contributed by atoms with Gasteiger partial charge in [0.05, 0.1) is 6.54 Å². The second kappa shape index (κ2) is 9.89. The number of anilines is 1. The van der Waals surface area contributed by atoms with Gasteiger partial charge in [-0.15, -0.1) is 0 Å². The molecule has 0 aliphatic rings. The van der Waals surface area contributed by atoms with Crippen LogP contribution in [0.25, 0.3) is 0 Å². The zero-order valence-corrected chi connectivity index (χ0v) is 19.5. The van der Waals surface area contributed by atoms with Crippen molar-refractivity contribution in [1.29, 1.82) is 0 Å². The third-order valence-corrected chi connectivity index (χ3v) is 5.13. The summed E-state index contributed by atoms with van der Waals surface area (Å²) in [6.07, 6.45) is 0. The molecule has 1 unspecified atom stereocenters. The molecule has 3 N–H and O–H groups in total. The van der Waals surface area contributed by atoms with E-state index in [0.717, 1.165) is 15.6 Å². The van der Waals surface area contributed by atoms with E-state index >= 15 is 0 Å². The minimum absolute atomic E-state index is 0.00244. The van der Waals surface area contributed by atoms with Gasteiger partial charge < -0.3 is 16.0 Å². The zero-order valence-electron chi connectivity index (χ0n) is 17.9. The summed E-state index contributed by atoms with van der Waals surface area (Å²) in [5, 5.41) is 7.95. The Labute approximate surface area is 186 Å². The lowest BCUT2D eigenvalue weighted by atomic mass is 9.86. The van der Waals surface area contributed by atoms with Crippen LogP contribution in [0.4, 0.5) is 5.69 Å². The smallest absolute Gasteiger partial charge is 0.251 e. The third kappa shape index (κ3) is 6.69. The fourth-order valence-corrected chi connectivity index (χ4v) is 3.22. The lowest BCUT2D eigenvalue weighted by molar-refractivity contribution is -0.125. The molecule has 1 atom stereocenters. The minimum Gasteiger partial charge on any atom is -0.345 e. The van der Waals surface area contributed by atoms with E-state index < -0.39 is 11.9 Å². The van der Waals surface area contributed by atoms with Crippen LogP contribution in [0.3, 0.4) is 0 Å². The van der Waals surface area contributed by atoms with Crippen LogP contribution in [0.5, 0.6) is 0 Å². The van der Waals surface area contributed by atoms with E-state index in [1.54, 1.807) is 25.1 Å². The first kappa shape index (κ1) is 23.6. The van der Waals surface area contributed by atoms with Gasteiger partial charge in [0.25, 0.3) is 5.91 Å². The zero-order chi connectivity index (χ0) is 22.5. The Morgan fingerprint density at radius 1 is 1.03 bits per heavy atom. The number of benzene rings is 2. The summed E-state index contributed by atoms with van der Waals surface area (Å²) < 4.78 is 0.920. The molecule has 2 aromatic carbocycles. The van der Waals surface area contributed by atoms with Crippen molar-refractivity contribution >= 4 is 39.3 Å². The van der Waals surface area contributed by atoms with Crippen LogP contribution >= 0.6 is 15.9 Å². The average Bonchev–Trinajstić information content (AvgIpc) is 2.67. The van der Waals surface area contributed by atoms with E-state index in [1.165, 1.54) is 0 Å². The van der Waals surface area contributed by atoms with Crippen molar-refractivity contribution < 1.29 is 14.4 Å². The van der Waals surface area contributed by atoms with E-state index in [1.807, 2.05) is 31.2 Å². The molecule has 0 heterocycles. The van der Waals surface area contributed by atoms with Gasteiger partial charge in [-0.1, -0.05) is 48.8 Å². The molecule has 3 amide bonds. The van der Waals surface area contributed by atoms with Crippen LogP contribution in [-0.4, -0.2) is 30.3 Å². The van der Waals surface area contributed by atoms with Gasteiger partial charge in [-0.05, 0) is 60.7 Å². The topological polar surface area (TPSA) is 87.3 Å². The van der Waals surface area contributed by atoms with Crippen molar-refractivity contribution in [1.82, 2.24) is 10.6 Å². The highest BCUT2D eigenvalue weighted by atomic mass is 79.9. The monoisotopic (exact) mass is 473 g/mol. The summed E-state index contributed by atoms with van der Waals surface area (Å²) in [7, 11) is 0.